The number of rotatable bonds is 4. The fraction of sp³-hybridized carbons (Fsp3) is 0.545. The second-order valence-electron chi connectivity index (χ2n) is 3.60. The Kier molecular flexibility index (Phi) is 4.44. The van der Waals surface area contributed by atoms with E-state index in [1.54, 1.807) is 18.3 Å². The van der Waals surface area contributed by atoms with Crippen molar-refractivity contribution in [2.24, 2.45) is 5.92 Å². The molecule has 16 heavy (non-hydrogen) atoms. The maximum absolute atomic E-state index is 11.5. The van der Waals surface area contributed by atoms with E-state index in [1.807, 2.05) is 19.2 Å². The van der Waals surface area contributed by atoms with Crippen LogP contribution in [-0.2, 0) is 11.2 Å². The number of hydrogen-bond donors (Lipinski definition) is 1. The molecule has 0 fully saturated rings. The average molecular weight is 237 g/mol. The standard InChI is InChI=1S/C11H15N3OS/c1-4-9-6-13-11(16-9)8(3)14-10(15)7(2)5-12/h6-8H,4H2,1-3H3,(H,14,15). The highest BCUT2D eigenvalue weighted by molar-refractivity contribution is 7.11. The molecule has 1 N–H and O–H groups in total. The predicted octanol–water partition coefficient (Wildman–Crippen LogP) is 2.04. The minimum absolute atomic E-state index is 0.131. The first-order valence-electron chi connectivity index (χ1n) is 5.23. The highest BCUT2D eigenvalue weighted by Crippen LogP contribution is 2.20. The summed E-state index contributed by atoms with van der Waals surface area (Å²) in [6.45, 7) is 5.53. The number of aryl methyl sites for hydroxylation is 1. The number of nitrogens with one attached hydrogen (secondary N) is 1. The summed E-state index contributed by atoms with van der Waals surface area (Å²) in [6.07, 6.45) is 2.78. The van der Waals surface area contributed by atoms with Crippen molar-refractivity contribution in [1.29, 1.82) is 5.26 Å². The summed E-state index contributed by atoms with van der Waals surface area (Å²) in [6, 6.07) is 1.78. The minimum Gasteiger partial charge on any atom is -0.346 e. The van der Waals surface area contributed by atoms with Crippen LogP contribution in [0.2, 0.25) is 0 Å². The van der Waals surface area contributed by atoms with E-state index < -0.39 is 5.92 Å². The molecule has 86 valence electrons. The van der Waals surface area contributed by atoms with Crippen LogP contribution in [0.1, 0.15) is 36.7 Å². The lowest BCUT2D eigenvalue weighted by Gasteiger charge is -2.11. The minimum atomic E-state index is -0.618. The molecule has 4 nitrogen and oxygen atoms in total. The van der Waals surface area contributed by atoms with Crippen LogP contribution in [0.15, 0.2) is 6.20 Å². The van der Waals surface area contributed by atoms with Crippen LogP contribution in [0, 0.1) is 17.2 Å². The molecular formula is C11H15N3OS. The van der Waals surface area contributed by atoms with Crippen molar-refractivity contribution in [3.8, 4) is 6.07 Å². The lowest BCUT2D eigenvalue weighted by atomic mass is 10.2. The Morgan fingerprint density at radius 2 is 2.38 bits per heavy atom. The molecule has 0 aliphatic carbocycles. The molecule has 2 atom stereocenters. The van der Waals surface area contributed by atoms with Gasteiger partial charge in [-0.05, 0) is 20.3 Å². The van der Waals surface area contributed by atoms with Gasteiger partial charge in [0.2, 0.25) is 5.91 Å². The van der Waals surface area contributed by atoms with E-state index in [0.717, 1.165) is 11.4 Å². The molecule has 0 bridgehead atoms. The first-order chi connectivity index (χ1) is 7.58. The van der Waals surface area contributed by atoms with Crippen LogP contribution in [-0.4, -0.2) is 10.9 Å². The van der Waals surface area contributed by atoms with Crippen LogP contribution in [0.3, 0.4) is 0 Å². The average Bonchev–Trinajstić information content (AvgIpc) is 2.76. The van der Waals surface area contributed by atoms with Crippen molar-refractivity contribution < 1.29 is 4.79 Å². The second-order valence-corrected chi connectivity index (χ2v) is 4.75. The molecule has 0 aliphatic rings. The van der Waals surface area contributed by atoms with Crippen molar-refractivity contribution in [2.45, 2.75) is 33.2 Å². The largest absolute Gasteiger partial charge is 0.346 e. The molecular weight excluding hydrogens is 222 g/mol. The predicted molar refractivity (Wildman–Crippen MR) is 62.8 cm³/mol. The molecule has 0 aromatic carbocycles. The van der Waals surface area contributed by atoms with Gasteiger partial charge >= 0.3 is 0 Å². The number of carbonyl (C=O) groups is 1. The molecule has 2 unspecified atom stereocenters. The fourth-order valence-corrected chi connectivity index (χ4v) is 2.00. The lowest BCUT2D eigenvalue weighted by molar-refractivity contribution is -0.123. The van der Waals surface area contributed by atoms with Gasteiger partial charge in [0, 0.05) is 11.1 Å². The van der Waals surface area contributed by atoms with Gasteiger partial charge in [-0.2, -0.15) is 5.26 Å². The number of hydrogen-bond acceptors (Lipinski definition) is 4. The van der Waals surface area contributed by atoms with Crippen molar-refractivity contribution >= 4 is 17.2 Å². The Balaban J connectivity index is 2.62. The zero-order chi connectivity index (χ0) is 12.1. The van der Waals surface area contributed by atoms with E-state index in [2.05, 4.69) is 17.2 Å². The Morgan fingerprint density at radius 1 is 1.69 bits per heavy atom. The third-order valence-electron chi connectivity index (χ3n) is 2.24. The molecule has 1 aromatic heterocycles. The second kappa shape index (κ2) is 5.61. The normalized spacial score (nSPS) is 13.9. The topological polar surface area (TPSA) is 65.8 Å². The quantitative estimate of drug-likeness (QED) is 0.871. The number of nitriles is 1. The summed E-state index contributed by atoms with van der Waals surface area (Å²) in [5, 5.41) is 12.3. The Bertz CT molecular complexity index is 408. The van der Waals surface area contributed by atoms with Crippen LogP contribution in [0.25, 0.3) is 0 Å². The number of thiazole rings is 1. The summed E-state index contributed by atoms with van der Waals surface area (Å²) in [7, 11) is 0. The van der Waals surface area contributed by atoms with E-state index in [1.165, 1.54) is 4.88 Å². The van der Waals surface area contributed by atoms with Gasteiger partial charge in [-0.25, -0.2) is 4.98 Å². The van der Waals surface area contributed by atoms with Gasteiger partial charge < -0.3 is 5.32 Å². The maximum Gasteiger partial charge on any atom is 0.237 e. The molecule has 0 saturated heterocycles. The van der Waals surface area contributed by atoms with Gasteiger partial charge in [-0.15, -0.1) is 11.3 Å². The third-order valence-corrected chi connectivity index (χ3v) is 3.56. The van der Waals surface area contributed by atoms with Crippen molar-refractivity contribution in [1.82, 2.24) is 10.3 Å². The van der Waals surface area contributed by atoms with Crippen LogP contribution >= 0.6 is 11.3 Å². The Labute approximate surface area is 99.3 Å². The van der Waals surface area contributed by atoms with E-state index in [4.69, 9.17) is 5.26 Å². The van der Waals surface area contributed by atoms with Gasteiger partial charge in [-0.1, -0.05) is 6.92 Å². The van der Waals surface area contributed by atoms with Crippen LogP contribution in [0.5, 0.6) is 0 Å². The highest BCUT2D eigenvalue weighted by Gasteiger charge is 2.17. The Morgan fingerprint density at radius 3 is 2.88 bits per heavy atom. The van der Waals surface area contributed by atoms with Gasteiger partial charge in [-0.3, -0.25) is 4.79 Å². The van der Waals surface area contributed by atoms with Crippen molar-refractivity contribution in [3.05, 3.63) is 16.1 Å². The highest BCUT2D eigenvalue weighted by atomic mass is 32.1. The molecule has 5 heteroatoms. The first-order valence-corrected chi connectivity index (χ1v) is 6.04. The summed E-state index contributed by atoms with van der Waals surface area (Å²) >= 11 is 1.59. The molecule has 0 aliphatic heterocycles. The van der Waals surface area contributed by atoms with E-state index >= 15 is 0 Å². The van der Waals surface area contributed by atoms with Gasteiger partial charge in [0.15, 0.2) is 0 Å². The summed E-state index contributed by atoms with van der Waals surface area (Å²) in [5.74, 6) is -0.865. The van der Waals surface area contributed by atoms with E-state index in [0.29, 0.717) is 0 Å². The number of carbonyl (C=O) groups excluding carboxylic acids is 1. The zero-order valence-corrected chi connectivity index (χ0v) is 10.5. The number of amides is 1. The lowest BCUT2D eigenvalue weighted by Crippen LogP contribution is -2.30. The van der Waals surface area contributed by atoms with Gasteiger partial charge in [0.05, 0.1) is 12.1 Å². The third kappa shape index (κ3) is 3.04. The number of nitrogens with zero attached hydrogens (tertiary/aromatic N) is 2. The SMILES string of the molecule is CCc1cnc(C(C)NC(=O)C(C)C#N)s1. The zero-order valence-electron chi connectivity index (χ0n) is 9.65. The molecule has 1 amide bonds. The molecule has 0 saturated carbocycles. The Hall–Kier alpha value is -1.41. The molecule has 0 radical (unpaired) electrons. The smallest absolute Gasteiger partial charge is 0.237 e. The summed E-state index contributed by atoms with van der Waals surface area (Å²) < 4.78 is 0. The van der Waals surface area contributed by atoms with Crippen LogP contribution in [0.4, 0.5) is 0 Å². The molecule has 1 rings (SSSR count). The van der Waals surface area contributed by atoms with Crippen molar-refractivity contribution in [3.63, 3.8) is 0 Å². The molecule has 0 spiro atoms. The first kappa shape index (κ1) is 12.7. The van der Waals surface area contributed by atoms with Gasteiger partial charge in [0.1, 0.15) is 10.9 Å². The molecule has 1 aromatic rings. The van der Waals surface area contributed by atoms with Crippen molar-refractivity contribution in [2.75, 3.05) is 0 Å². The van der Waals surface area contributed by atoms with E-state index in [9.17, 15) is 4.79 Å². The van der Waals surface area contributed by atoms with Crippen LogP contribution < -0.4 is 5.32 Å². The summed E-state index contributed by atoms with van der Waals surface area (Å²) in [5.41, 5.74) is 0. The maximum atomic E-state index is 11.5. The number of aromatic nitrogens is 1. The van der Waals surface area contributed by atoms with Gasteiger partial charge in [0.25, 0.3) is 0 Å². The fourth-order valence-electron chi connectivity index (χ4n) is 1.15. The monoisotopic (exact) mass is 237 g/mol. The van der Waals surface area contributed by atoms with E-state index in [-0.39, 0.29) is 11.9 Å². The molecule has 1 heterocycles. The summed E-state index contributed by atoms with van der Waals surface area (Å²) in [4.78, 5) is 16.9.